The Balaban J connectivity index is 1.61. The minimum atomic E-state index is -0.483. The molecule has 0 spiro atoms. The van der Waals surface area contributed by atoms with Gasteiger partial charge in [0.25, 0.3) is 11.8 Å². The summed E-state index contributed by atoms with van der Waals surface area (Å²) in [4.78, 5) is 43.8. The molecule has 0 radical (unpaired) electrons. The smallest absolute Gasteiger partial charge is 0.273 e. The number of likely N-dealkylation sites (N-methyl/N-ethyl adjacent to an activating group) is 1. The molecule has 1 saturated carbocycles. The number of nitriles is 1. The van der Waals surface area contributed by atoms with E-state index in [-0.39, 0.29) is 47.2 Å². The van der Waals surface area contributed by atoms with Gasteiger partial charge in [-0.05, 0) is 49.1 Å². The Morgan fingerprint density at radius 3 is 2.56 bits per heavy atom. The minimum Gasteiger partial charge on any atom is -0.494 e. The van der Waals surface area contributed by atoms with Gasteiger partial charge in [0.2, 0.25) is 5.91 Å². The zero-order valence-corrected chi connectivity index (χ0v) is 26.2. The van der Waals surface area contributed by atoms with Gasteiger partial charge in [0.1, 0.15) is 5.69 Å². The van der Waals surface area contributed by atoms with Crippen molar-refractivity contribution in [1.82, 2.24) is 25.4 Å². The van der Waals surface area contributed by atoms with Gasteiger partial charge in [0.05, 0.1) is 29.6 Å². The van der Waals surface area contributed by atoms with E-state index in [0.717, 1.165) is 12.8 Å². The van der Waals surface area contributed by atoms with Gasteiger partial charge in [-0.15, -0.1) is 10.2 Å². The van der Waals surface area contributed by atoms with Gasteiger partial charge in [-0.25, -0.2) is 0 Å². The summed E-state index contributed by atoms with van der Waals surface area (Å²) < 4.78 is 5.76. The second-order valence-corrected chi connectivity index (χ2v) is 10.8. The predicted molar refractivity (Wildman–Crippen MR) is 171 cm³/mol. The van der Waals surface area contributed by atoms with Crippen molar-refractivity contribution in [1.29, 1.82) is 5.26 Å². The lowest BCUT2D eigenvalue weighted by Gasteiger charge is -2.19. The number of carbonyl (C=O) groups is 3. The normalized spacial score (nSPS) is 12.5. The third kappa shape index (κ3) is 7.82. The van der Waals surface area contributed by atoms with Crippen LogP contribution in [-0.4, -0.2) is 65.6 Å². The minimum absolute atomic E-state index is 0.00541. The van der Waals surface area contributed by atoms with Gasteiger partial charge in [-0.2, -0.15) is 5.26 Å². The molecule has 232 valence electrons. The largest absolute Gasteiger partial charge is 0.494 e. The van der Waals surface area contributed by atoms with Gasteiger partial charge in [-0.1, -0.05) is 31.2 Å². The Hall–Kier alpha value is -5.28. The Labute approximate surface area is 266 Å². The zero-order valence-electron chi connectivity index (χ0n) is 25.4. The van der Waals surface area contributed by atoms with Gasteiger partial charge < -0.3 is 25.6 Å². The molecule has 45 heavy (non-hydrogen) atoms. The maximum Gasteiger partial charge on any atom is 0.273 e. The molecule has 1 aromatic carbocycles. The van der Waals surface area contributed by atoms with Crippen LogP contribution in [0, 0.1) is 17.2 Å². The number of amides is 3. The number of benzene rings is 1. The number of hydrogen-bond donors (Lipinski definition) is 3. The average Bonchev–Trinajstić information content (AvgIpc) is 3.90. The molecule has 3 N–H and O–H groups in total. The van der Waals surface area contributed by atoms with Gasteiger partial charge >= 0.3 is 0 Å². The number of ether oxygens (including phenoxy) is 1. The highest BCUT2D eigenvalue weighted by atomic mass is 35.5. The number of methoxy groups -OCH3 is 1. The van der Waals surface area contributed by atoms with Crippen LogP contribution in [0.1, 0.15) is 47.2 Å². The van der Waals surface area contributed by atoms with Gasteiger partial charge in [0, 0.05) is 55.5 Å². The summed E-state index contributed by atoms with van der Waals surface area (Å²) in [5, 5.41) is 26.0. The first-order chi connectivity index (χ1) is 21.6. The first-order valence-electron chi connectivity index (χ1n) is 14.1. The number of allylic oxidation sites excluding steroid dienone is 1. The summed E-state index contributed by atoms with van der Waals surface area (Å²) in [6.07, 6.45) is 5.42. The second kappa shape index (κ2) is 14.5. The van der Waals surface area contributed by atoms with Crippen molar-refractivity contribution in [3.05, 3.63) is 76.7 Å². The molecule has 0 unspecified atom stereocenters. The van der Waals surface area contributed by atoms with Crippen LogP contribution >= 0.6 is 11.6 Å². The highest BCUT2D eigenvalue weighted by Crippen LogP contribution is 2.43. The van der Waals surface area contributed by atoms with Gasteiger partial charge in [-0.3, -0.25) is 19.4 Å². The highest BCUT2D eigenvalue weighted by molar-refractivity contribution is 6.34. The molecule has 1 fully saturated rings. The second-order valence-electron chi connectivity index (χ2n) is 10.3. The van der Waals surface area contributed by atoms with Crippen molar-refractivity contribution in [2.24, 2.45) is 5.92 Å². The van der Waals surface area contributed by atoms with Crippen molar-refractivity contribution in [3.8, 4) is 22.9 Å². The molecule has 0 atom stereocenters. The number of nitrogens with one attached hydrogen (secondary N) is 3. The van der Waals surface area contributed by atoms with Crippen molar-refractivity contribution in [3.63, 3.8) is 0 Å². The molecule has 3 aromatic rings. The lowest BCUT2D eigenvalue weighted by molar-refractivity contribution is -0.117. The van der Waals surface area contributed by atoms with E-state index in [2.05, 4.69) is 43.8 Å². The summed E-state index contributed by atoms with van der Waals surface area (Å²) in [5.41, 5.74) is 3.22. The summed E-state index contributed by atoms with van der Waals surface area (Å²) in [6, 6.07) is 10.3. The third-order valence-corrected chi connectivity index (χ3v) is 7.29. The SMILES string of the molecule is C=C(/C=C(/C#N)CC)CN(C)C(=O)c1ccc(-c2c(Cl)ccc(Nc3cc(NC(=O)C4CC4)nnc3C(=O)NC)c2OC)cn1. The summed E-state index contributed by atoms with van der Waals surface area (Å²) >= 11 is 6.63. The quantitative estimate of drug-likeness (QED) is 0.182. The van der Waals surface area contributed by atoms with E-state index in [9.17, 15) is 14.4 Å². The van der Waals surface area contributed by atoms with E-state index >= 15 is 0 Å². The molecule has 3 amide bonds. The molecule has 12 nitrogen and oxygen atoms in total. The number of pyridine rings is 1. The fraction of sp³-hybridized carbons (Fsp3) is 0.281. The number of hydrogen-bond acceptors (Lipinski definition) is 9. The molecule has 0 saturated heterocycles. The Bertz CT molecular complexity index is 1710. The lowest BCUT2D eigenvalue weighted by atomic mass is 10.0. The number of nitrogens with zero attached hydrogens (tertiary/aromatic N) is 5. The van der Waals surface area contributed by atoms with Crippen LogP contribution in [-0.2, 0) is 4.79 Å². The van der Waals surface area contributed by atoms with Crippen LogP contribution in [0.5, 0.6) is 5.75 Å². The maximum absolute atomic E-state index is 13.1. The van der Waals surface area contributed by atoms with Crippen LogP contribution in [0.2, 0.25) is 5.02 Å². The standard InChI is InChI=1S/C32H33ClN8O4/c1-6-19(15-34)13-18(2)17-41(4)32(44)24-11-9-21(16-36-24)27-22(33)10-12-23(29(27)45-5)37-25-14-26(38-30(42)20-7-8-20)39-40-28(25)31(43)35-3/h9-14,16,20H,2,6-8,17H2,1,3-5H3,(H,35,43)(H2,37,38,39,42)/b19-13+. The number of aromatic nitrogens is 3. The van der Waals surface area contributed by atoms with Crippen molar-refractivity contribution >= 4 is 46.5 Å². The highest BCUT2D eigenvalue weighted by Gasteiger charge is 2.30. The Kier molecular flexibility index (Phi) is 10.5. The molecular weight excluding hydrogens is 596 g/mol. The van der Waals surface area contributed by atoms with Crippen molar-refractivity contribution < 1.29 is 19.1 Å². The van der Waals surface area contributed by atoms with Crippen LogP contribution in [0.3, 0.4) is 0 Å². The van der Waals surface area contributed by atoms with Crippen LogP contribution in [0.25, 0.3) is 11.1 Å². The molecule has 2 heterocycles. The summed E-state index contributed by atoms with van der Waals surface area (Å²) in [7, 11) is 4.58. The third-order valence-electron chi connectivity index (χ3n) is 6.98. The Morgan fingerprint density at radius 2 is 1.96 bits per heavy atom. The van der Waals surface area contributed by atoms with E-state index in [1.165, 1.54) is 31.3 Å². The maximum atomic E-state index is 13.1. The zero-order chi connectivity index (χ0) is 32.7. The van der Waals surface area contributed by atoms with Crippen LogP contribution in [0.15, 0.2) is 60.3 Å². The van der Waals surface area contributed by atoms with Crippen LogP contribution < -0.4 is 20.7 Å². The topological polar surface area (TPSA) is 162 Å². The molecule has 13 heteroatoms. The van der Waals surface area contributed by atoms with Gasteiger partial charge in [0.15, 0.2) is 17.3 Å². The molecule has 1 aliphatic rings. The summed E-state index contributed by atoms with van der Waals surface area (Å²) in [5.74, 6) is -0.465. The molecule has 0 bridgehead atoms. The number of halogens is 1. The summed E-state index contributed by atoms with van der Waals surface area (Å²) in [6.45, 7) is 6.06. The van der Waals surface area contributed by atoms with E-state index < -0.39 is 5.91 Å². The Morgan fingerprint density at radius 1 is 1.20 bits per heavy atom. The van der Waals surface area contributed by atoms with E-state index in [1.54, 1.807) is 37.4 Å². The van der Waals surface area contributed by atoms with Crippen LogP contribution in [0.4, 0.5) is 17.2 Å². The molecular formula is C32H33ClN8O4. The number of anilines is 3. The number of rotatable bonds is 12. The molecule has 1 aliphatic carbocycles. The lowest BCUT2D eigenvalue weighted by Crippen LogP contribution is -2.29. The monoisotopic (exact) mass is 628 g/mol. The van der Waals surface area contributed by atoms with E-state index in [1.807, 2.05) is 6.92 Å². The fourth-order valence-corrected chi connectivity index (χ4v) is 4.69. The fourth-order valence-electron chi connectivity index (χ4n) is 4.44. The first-order valence-corrected chi connectivity index (χ1v) is 14.5. The number of carbonyl (C=O) groups excluding carboxylic acids is 3. The molecule has 2 aromatic heterocycles. The predicted octanol–water partition coefficient (Wildman–Crippen LogP) is 5.14. The first kappa shape index (κ1) is 32.6. The molecule has 0 aliphatic heterocycles. The van der Waals surface area contributed by atoms with E-state index in [0.29, 0.717) is 45.2 Å². The van der Waals surface area contributed by atoms with E-state index in [4.69, 9.17) is 21.6 Å². The van der Waals surface area contributed by atoms with Crippen molar-refractivity contribution in [2.45, 2.75) is 26.2 Å². The average molecular weight is 629 g/mol. The molecule has 4 rings (SSSR count). The van der Waals surface area contributed by atoms with Crippen molar-refractivity contribution in [2.75, 3.05) is 38.4 Å².